The summed E-state index contributed by atoms with van der Waals surface area (Å²) >= 11 is 0. The minimum atomic E-state index is -0.465. The van der Waals surface area contributed by atoms with Gasteiger partial charge in [-0.2, -0.15) is 0 Å². The van der Waals surface area contributed by atoms with Crippen LogP contribution in [0.3, 0.4) is 0 Å². The molecule has 3 rings (SSSR count). The van der Waals surface area contributed by atoms with Gasteiger partial charge in [0.2, 0.25) is 5.91 Å². The number of fused-ring (bicyclic) bond motifs is 1. The van der Waals surface area contributed by atoms with Crippen molar-refractivity contribution in [3.63, 3.8) is 0 Å². The molecule has 6 nitrogen and oxygen atoms in total. The van der Waals surface area contributed by atoms with Crippen LogP contribution in [0.4, 0.5) is 4.79 Å². The average Bonchev–Trinajstić information content (AvgIpc) is 2.69. The normalized spacial score (nSPS) is 30.9. The van der Waals surface area contributed by atoms with Crippen LogP contribution in [0.1, 0.15) is 78.6 Å². The van der Waals surface area contributed by atoms with Crippen LogP contribution >= 0.6 is 0 Å². The van der Waals surface area contributed by atoms with Gasteiger partial charge < -0.3 is 20.3 Å². The van der Waals surface area contributed by atoms with Crippen LogP contribution < -0.4 is 10.6 Å². The van der Waals surface area contributed by atoms with E-state index in [0.717, 1.165) is 32.2 Å². The Balaban J connectivity index is 1.34. The Morgan fingerprint density at radius 2 is 1.62 bits per heavy atom. The average molecular weight is 408 g/mol. The Morgan fingerprint density at radius 1 is 0.897 bits per heavy atom. The molecular formula is C23H41N3O3. The van der Waals surface area contributed by atoms with Crippen LogP contribution in [0.2, 0.25) is 0 Å². The number of ether oxygens (including phenoxy) is 1. The molecule has 3 aliphatic rings. The molecule has 166 valence electrons. The van der Waals surface area contributed by atoms with Gasteiger partial charge in [0.15, 0.2) is 0 Å². The number of hydrogen-bond acceptors (Lipinski definition) is 4. The van der Waals surface area contributed by atoms with Crippen molar-refractivity contribution in [2.75, 3.05) is 26.2 Å². The van der Waals surface area contributed by atoms with Gasteiger partial charge in [0, 0.05) is 25.0 Å². The van der Waals surface area contributed by atoms with Crippen molar-refractivity contribution in [1.29, 1.82) is 0 Å². The second-order valence-corrected chi connectivity index (χ2v) is 10.3. The highest BCUT2D eigenvalue weighted by Gasteiger charge is 2.34. The number of nitrogens with zero attached hydrogens (tertiary/aromatic N) is 1. The molecule has 2 amide bonds. The van der Waals surface area contributed by atoms with E-state index in [1.165, 1.54) is 45.2 Å². The predicted molar refractivity (Wildman–Crippen MR) is 115 cm³/mol. The number of hydrogen-bond donors (Lipinski definition) is 2. The number of rotatable bonds is 5. The number of nitrogens with one attached hydrogen (secondary N) is 2. The van der Waals surface area contributed by atoms with Gasteiger partial charge >= 0.3 is 6.09 Å². The van der Waals surface area contributed by atoms with E-state index in [9.17, 15) is 9.59 Å². The molecule has 0 aromatic heterocycles. The number of piperidine rings is 2. The molecule has 2 heterocycles. The molecule has 0 aromatic rings. The Labute approximate surface area is 176 Å². The van der Waals surface area contributed by atoms with Crippen molar-refractivity contribution in [1.82, 2.24) is 15.5 Å². The molecule has 6 heteroatoms. The molecule has 2 aliphatic heterocycles. The maximum absolute atomic E-state index is 12.7. The lowest BCUT2D eigenvalue weighted by atomic mass is 9.81. The second kappa shape index (κ2) is 10.1. The number of carbonyl (C=O) groups is 2. The fraction of sp³-hybridized carbons (Fsp3) is 0.913. The van der Waals surface area contributed by atoms with E-state index in [1.54, 1.807) is 0 Å². The second-order valence-electron chi connectivity index (χ2n) is 10.3. The molecular weight excluding hydrogens is 366 g/mol. The van der Waals surface area contributed by atoms with E-state index in [0.29, 0.717) is 24.4 Å². The first-order valence-electron chi connectivity index (χ1n) is 11.8. The highest BCUT2D eigenvalue weighted by atomic mass is 16.6. The van der Waals surface area contributed by atoms with Gasteiger partial charge in [0.25, 0.3) is 0 Å². The third-order valence-electron chi connectivity index (χ3n) is 6.92. The molecule has 0 spiro atoms. The topological polar surface area (TPSA) is 70.7 Å². The van der Waals surface area contributed by atoms with Crippen LogP contribution in [0.25, 0.3) is 0 Å². The van der Waals surface area contributed by atoms with E-state index in [1.807, 2.05) is 20.8 Å². The van der Waals surface area contributed by atoms with Crippen molar-refractivity contribution in [3.05, 3.63) is 0 Å². The van der Waals surface area contributed by atoms with Crippen molar-refractivity contribution < 1.29 is 14.3 Å². The zero-order valence-electron chi connectivity index (χ0n) is 18.7. The highest BCUT2D eigenvalue weighted by molar-refractivity contribution is 5.78. The largest absolute Gasteiger partial charge is 0.444 e. The van der Waals surface area contributed by atoms with Gasteiger partial charge in [0.1, 0.15) is 5.60 Å². The number of amides is 2. The summed E-state index contributed by atoms with van der Waals surface area (Å²) in [5.74, 6) is 1.46. The molecule has 2 N–H and O–H groups in total. The van der Waals surface area contributed by atoms with Crippen LogP contribution in [0.5, 0.6) is 0 Å². The smallest absolute Gasteiger partial charge is 0.407 e. The SMILES string of the molecule is CC(C)(C)OC(=O)NCC1CCC(C(=O)NC[C@@H]2CCCN3CCCC[C@H]23)CC1. The van der Waals surface area contributed by atoms with Crippen LogP contribution in [0.15, 0.2) is 0 Å². The fourth-order valence-electron chi connectivity index (χ4n) is 5.36. The van der Waals surface area contributed by atoms with Gasteiger partial charge in [-0.1, -0.05) is 6.42 Å². The van der Waals surface area contributed by atoms with Crippen LogP contribution in [0, 0.1) is 17.8 Å². The summed E-state index contributed by atoms with van der Waals surface area (Å²) in [4.78, 5) is 27.2. The van der Waals surface area contributed by atoms with E-state index < -0.39 is 5.60 Å². The lowest BCUT2D eigenvalue weighted by Crippen LogP contribution is -2.51. The van der Waals surface area contributed by atoms with Crippen molar-refractivity contribution >= 4 is 12.0 Å². The molecule has 0 radical (unpaired) electrons. The van der Waals surface area contributed by atoms with E-state index in [2.05, 4.69) is 15.5 Å². The fourth-order valence-corrected chi connectivity index (χ4v) is 5.36. The maximum Gasteiger partial charge on any atom is 0.407 e. The first-order valence-corrected chi connectivity index (χ1v) is 11.8. The molecule has 29 heavy (non-hydrogen) atoms. The first kappa shape index (κ1) is 22.4. The monoisotopic (exact) mass is 407 g/mol. The summed E-state index contributed by atoms with van der Waals surface area (Å²) in [6, 6.07) is 0.687. The maximum atomic E-state index is 12.7. The third kappa shape index (κ3) is 6.87. The highest BCUT2D eigenvalue weighted by Crippen LogP contribution is 2.31. The van der Waals surface area contributed by atoms with Crippen molar-refractivity contribution in [3.8, 4) is 0 Å². The van der Waals surface area contributed by atoms with Gasteiger partial charge in [-0.25, -0.2) is 4.79 Å². The molecule has 0 aromatic carbocycles. The first-order chi connectivity index (χ1) is 13.8. The van der Waals surface area contributed by atoms with Crippen molar-refractivity contribution in [2.24, 2.45) is 17.8 Å². The summed E-state index contributed by atoms with van der Waals surface area (Å²) < 4.78 is 5.30. The molecule has 3 fully saturated rings. The Kier molecular flexibility index (Phi) is 7.83. The third-order valence-corrected chi connectivity index (χ3v) is 6.92. The summed E-state index contributed by atoms with van der Waals surface area (Å²) in [5, 5.41) is 6.17. The quantitative estimate of drug-likeness (QED) is 0.729. The molecule has 2 saturated heterocycles. The van der Waals surface area contributed by atoms with E-state index in [4.69, 9.17) is 4.74 Å². The number of alkyl carbamates (subject to hydrolysis) is 1. The van der Waals surface area contributed by atoms with Crippen LogP contribution in [-0.2, 0) is 9.53 Å². The molecule has 2 atom stereocenters. The Bertz CT molecular complexity index is 550. The predicted octanol–water partition coefficient (Wildman–Crippen LogP) is 3.70. The van der Waals surface area contributed by atoms with Gasteiger partial charge in [-0.05, 0) is 97.1 Å². The van der Waals surface area contributed by atoms with E-state index in [-0.39, 0.29) is 17.9 Å². The van der Waals surface area contributed by atoms with Gasteiger partial charge in [-0.3, -0.25) is 4.79 Å². The summed E-state index contributed by atoms with van der Waals surface area (Å²) in [7, 11) is 0. The standard InChI is InChI=1S/C23H41N3O3/c1-23(2,3)29-22(28)25-15-17-9-11-18(12-10-17)21(27)24-16-19-7-6-14-26-13-5-4-8-20(19)26/h17-20H,4-16H2,1-3H3,(H,24,27)(H,25,28)/t17?,18?,19-,20+/m0/s1. The summed E-state index contributed by atoms with van der Waals surface area (Å²) in [6.07, 6.45) is 9.99. The minimum absolute atomic E-state index is 0.138. The molecule has 0 bridgehead atoms. The zero-order chi connectivity index (χ0) is 20.9. The zero-order valence-corrected chi connectivity index (χ0v) is 18.7. The Hall–Kier alpha value is -1.30. The molecule has 1 saturated carbocycles. The molecule has 1 aliphatic carbocycles. The summed E-state index contributed by atoms with van der Waals surface area (Å²) in [6.45, 7) is 9.59. The van der Waals surface area contributed by atoms with E-state index >= 15 is 0 Å². The van der Waals surface area contributed by atoms with Crippen molar-refractivity contribution in [2.45, 2.75) is 90.2 Å². The minimum Gasteiger partial charge on any atom is -0.444 e. The van der Waals surface area contributed by atoms with Gasteiger partial charge in [0.05, 0.1) is 0 Å². The molecule has 0 unspecified atom stereocenters. The lowest BCUT2D eigenvalue weighted by molar-refractivity contribution is -0.126. The van der Waals surface area contributed by atoms with Gasteiger partial charge in [-0.15, -0.1) is 0 Å². The summed E-state index contributed by atoms with van der Waals surface area (Å²) in [5.41, 5.74) is -0.465. The Morgan fingerprint density at radius 3 is 2.34 bits per heavy atom. The number of carbonyl (C=O) groups excluding carboxylic acids is 2. The van der Waals surface area contributed by atoms with Crippen LogP contribution in [-0.4, -0.2) is 54.7 Å². The lowest BCUT2D eigenvalue weighted by Gasteiger charge is -2.44.